The summed E-state index contributed by atoms with van der Waals surface area (Å²) in [6.07, 6.45) is 1.75. The van der Waals surface area contributed by atoms with E-state index in [2.05, 4.69) is 26.8 Å². The molecule has 25 heavy (non-hydrogen) atoms. The van der Waals surface area contributed by atoms with Crippen molar-refractivity contribution in [3.8, 4) is 5.75 Å². The number of aryl methyl sites for hydroxylation is 1. The highest BCUT2D eigenvalue weighted by atomic mass is 79.9. The van der Waals surface area contributed by atoms with Crippen LogP contribution in [0.25, 0.3) is 0 Å². The van der Waals surface area contributed by atoms with Crippen molar-refractivity contribution in [3.05, 3.63) is 52.3 Å². The van der Waals surface area contributed by atoms with Gasteiger partial charge in [-0.15, -0.1) is 0 Å². The molecule has 0 aliphatic heterocycles. The normalized spacial score (nSPS) is 10.4. The number of ether oxygens (including phenoxy) is 2. The summed E-state index contributed by atoms with van der Waals surface area (Å²) in [6.45, 7) is 3.27. The molecule has 0 fully saturated rings. The van der Waals surface area contributed by atoms with Gasteiger partial charge in [-0.25, -0.2) is 0 Å². The van der Waals surface area contributed by atoms with Gasteiger partial charge in [-0.3, -0.25) is 20.4 Å². The van der Waals surface area contributed by atoms with Crippen LogP contribution in [0.5, 0.6) is 5.75 Å². The lowest BCUT2D eigenvalue weighted by Gasteiger charge is -2.12. The molecular weight excluding hydrogens is 390 g/mol. The third-order valence-electron chi connectivity index (χ3n) is 3.31. The van der Waals surface area contributed by atoms with E-state index in [4.69, 9.17) is 9.47 Å². The summed E-state index contributed by atoms with van der Waals surface area (Å²) < 4.78 is 13.2. The van der Waals surface area contributed by atoms with Crippen LogP contribution in [0.2, 0.25) is 0 Å². The summed E-state index contributed by atoms with van der Waals surface area (Å²) >= 11 is 3.30. The Balaban J connectivity index is 1.96. The number of aromatic nitrogens is 1. The third-order valence-corrected chi connectivity index (χ3v) is 3.75. The van der Waals surface area contributed by atoms with E-state index in [0.717, 1.165) is 4.47 Å². The van der Waals surface area contributed by atoms with Crippen molar-refractivity contribution in [1.82, 2.24) is 15.4 Å². The summed E-state index contributed by atoms with van der Waals surface area (Å²) in [6, 6.07) is 8.47. The van der Waals surface area contributed by atoms with Crippen molar-refractivity contribution in [1.29, 1.82) is 0 Å². The second-order valence-electron chi connectivity index (χ2n) is 5.10. The molecule has 0 spiro atoms. The zero-order valence-corrected chi connectivity index (χ0v) is 15.6. The van der Waals surface area contributed by atoms with Gasteiger partial charge in [0.1, 0.15) is 18.1 Å². The Labute approximate surface area is 154 Å². The van der Waals surface area contributed by atoms with Crippen molar-refractivity contribution >= 4 is 27.7 Å². The van der Waals surface area contributed by atoms with E-state index in [0.29, 0.717) is 36.8 Å². The smallest absolute Gasteiger partial charge is 0.286 e. The maximum absolute atomic E-state index is 12.3. The molecule has 7 nitrogen and oxygen atoms in total. The van der Waals surface area contributed by atoms with Gasteiger partial charge in [0.25, 0.3) is 11.8 Å². The van der Waals surface area contributed by atoms with Gasteiger partial charge in [-0.1, -0.05) is 12.1 Å². The molecule has 0 saturated heterocycles. The number of hydrogen-bond acceptors (Lipinski definition) is 4. The fraction of sp³-hybridized carbons (Fsp3) is 0.294. The molecule has 0 atom stereocenters. The molecule has 0 radical (unpaired) electrons. The predicted octanol–water partition coefficient (Wildman–Crippen LogP) is 2.28. The molecule has 1 heterocycles. The van der Waals surface area contributed by atoms with E-state index in [9.17, 15) is 9.59 Å². The number of hydrogen-bond donors (Lipinski definition) is 2. The minimum absolute atomic E-state index is 0.326. The molecule has 2 aromatic rings. The number of benzene rings is 1. The van der Waals surface area contributed by atoms with Crippen LogP contribution in [0.4, 0.5) is 0 Å². The lowest BCUT2D eigenvalue weighted by Crippen LogP contribution is -2.42. The van der Waals surface area contributed by atoms with Crippen LogP contribution in [-0.2, 0) is 11.8 Å². The largest absolute Gasteiger partial charge is 0.490 e. The fourth-order valence-corrected chi connectivity index (χ4v) is 2.65. The summed E-state index contributed by atoms with van der Waals surface area (Å²) in [7, 11) is 1.74. The van der Waals surface area contributed by atoms with E-state index in [1.807, 2.05) is 6.92 Å². The lowest BCUT2D eigenvalue weighted by atomic mass is 10.2. The Morgan fingerprint density at radius 1 is 1.16 bits per heavy atom. The molecule has 0 bridgehead atoms. The maximum atomic E-state index is 12.3. The molecule has 1 aromatic carbocycles. The van der Waals surface area contributed by atoms with Crippen molar-refractivity contribution < 1.29 is 19.1 Å². The molecule has 0 unspecified atom stereocenters. The van der Waals surface area contributed by atoms with E-state index in [1.165, 1.54) is 0 Å². The molecule has 2 amide bonds. The first kappa shape index (κ1) is 19.0. The average Bonchev–Trinajstić information content (AvgIpc) is 2.95. The second-order valence-corrected chi connectivity index (χ2v) is 6.02. The van der Waals surface area contributed by atoms with Gasteiger partial charge in [0.15, 0.2) is 0 Å². The highest BCUT2D eigenvalue weighted by molar-refractivity contribution is 9.10. The van der Waals surface area contributed by atoms with Crippen molar-refractivity contribution in [2.45, 2.75) is 6.92 Å². The number of halogens is 1. The zero-order chi connectivity index (χ0) is 18.2. The number of hydrazine groups is 1. The van der Waals surface area contributed by atoms with Gasteiger partial charge in [0.2, 0.25) is 0 Å². The van der Waals surface area contributed by atoms with E-state index < -0.39 is 11.8 Å². The van der Waals surface area contributed by atoms with Crippen LogP contribution in [0, 0.1) is 0 Å². The van der Waals surface area contributed by atoms with Crippen molar-refractivity contribution in [3.63, 3.8) is 0 Å². The molecule has 2 N–H and O–H groups in total. The zero-order valence-electron chi connectivity index (χ0n) is 14.0. The van der Waals surface area contributed by atoms with Crippen LogP contribution >= 0.6 is 15.9 Å². The summed E-state index contributed by atoms with van der Waals surface area (Å²) in [5, 5.41) is 0. The number of amides is 2. The molecule has 8 heteroatoms. The molecule has 134 valence electrons. The summed E-state index contributed by atoms with van der Waals surface area (Å²) in [4.78, 5) is 24.5. The van der Waals surface area contributed by atoms with Crippen LogP contribution in [0.15, 0.2) is 41.0 Å². The lowest BCUT2D eigenvalue weighted by molar-refractivity contribution is 0.0836. The highest BCUT2D eigenvalue weighted by Crippen LogP contribution is 2.17. The fourth-order valence-electron chi connectivity index (χ4n) is 2.13. The number of para-hydroxylation sites is 1. The van der Waals surface area contributed by atoms with E-state index >= 15 is 0 Å². The predicted molar refractivity (Wildman–Crippen MR) is 96.5 cm³/mol. The van der Waals surface area contributed by atoms with Gasteiger partial charge in [-0.05, 0) is 41.1 Å². The number of nitrogens with one attached hydrogen (secondary N) is 2. The second kappa shape index (κ2) is 9.24. The third kappa shape index (κ3) is 5.33. The van der Waals surface area contributed by atoms with E-state index in [-0.39, 0.29) is 0 Å². The number of carbonyl (C=O) groups excluding carboxylic acids is 2. The SMILES string of the molecule is CCOCCOc1ccccc1C(=O)NNC(=O)c1cc(Br)cn1C. The standard InChI is InChI=1S/C17H20BrN3O4/c1-3-24-8-9-25-15-7-5-4-6-13(15)16(22)19-20-17(23)14-10-12(18)11-21(14)2/h4-7,10-11H,3,8-9H2,1-2H3,(H,19,22)(H,20,23). The molecule has 1 aromatic heterocycles. The molecule has 0 aliphatic rings. The Morgan fingerprint density at radius 3 is 2.56 bits per heavy atom. The number of rotatable bonds is 7. The Kier molecular flexibility index (Phi) is 7.03. The van der Waals surface area contributed by atoms with E-state index in [1.54, 1.807) is 48.1 Å². The number of carbonyl (C=O) groups is 2. The summed E-state index contributed by atoms with van der Waals surface area (Å²) in [5.74, 6) is -0.458. The molecular formula is C17H20BrN3O4. The van der Waals surface area contributed by atoms with Crippen molar-refractivity contribution in [2.24, 2.45) is 7.05 Å². The monoisotopic (exact) mass is 409 g/mol. The van der Waals surface area contributed by atoms with Gasteiger partial charge in [-0.2, -0.15) is 0 Å². The molecule has 0 saturated carbocycles. The Morgan fingerprint density at radius 2 is 1.88 bits per heavy atom. The maximum Gasteiger partial charge on any atom is 0.286 e. The van der Waals surface area contributed by atoms with Crippen LogP contribution in [0.1, 0.15) is 27.8 Å². The average molecular weight is 410 g/mol. The molecule has 2 rings (SSSR count). The molecule has 0 aliphatic carbocycles. The summed E-state index contributed by atoms with van der Waals surface area (Å²) in [5.41, 5.74) is 5.53. The first-order valence-corrected chi connectivity index (χ1v) is 8.54. The quantitative estimate of drug-likeness (QED) is 0.542. The van der Waals surface area contributed by atoms with Gasteiger partial charge >= 0.3 is 0 Å². The minimum Gasteiger partial charge on any atom is -0.490 e. The van der Waals surface area contributed by atoms with Gasteiger partial charge in [0.05, 0.1) is 12.2 Å². The number of nitrogens with zero attached hydrogens (tertiary/aromatic N) is 1. The van der Waals surface area contributed by atoms with Crippen molar-refractivity contribution in [2.75, 3.05) is 19.8 Å². The van der Waals surface area contributed by atoms with Gasteiger partial charge < -0.3 is 14.0 Å². The van der Waals surface area contributed by atoms with Gasteiger partial charge in [0, 0.05) is 24.3 Å². The topological polar surface area (TPSA) is 81.6 Å². The Hall–Kier alpha value is -2.32. The highest BCUT2D eigenvalue weighted by Gasteiger charge is 2.15. The van der Waals surface area contributed by atoms with Crippen LogP contribution in [-0.4, -0.2) is 36.2 Å². The first-order chi connectivity index (χ1) is 12.0. The van der Waals surface area contributed by atoms with Crippen LogP contribution in [0.3, 0.4) is 0 Å². The van der Waals surface area contributed by atoms with Crippen LogP contribution < -0.4 is 15.6 Å². The first-order valence-electron chi connectivity index (χ1n) is 7.75. The Bertz CT molecular complexity index is 745. The minimum atomic E-state index is -0.464.